The van der Waals surface area contributed by atoms with E-state index >= 15 is 0 Å². The summed E-state index contributed by atoms with van der Waals surface area (Å²) in [6.45, 7) is 3.55. The van der Waals surface area contributed by atoms with Gasteiger partial charge in [0.1, 0.15) is 6.07 Å². The van der Waals surface area contributed by atoms with Crippen molar-refractivity contribution in [3.63, 3.8) is 0 Å². The van der Waals surface area contributed by atoms with Crippen LogP contribution < -0.4 is 5.32 Å². The highest BCUT2D eigenvalue weighted by molar-refractivity contribution is 6.32. The second kappa shape index (κ2) is 7.69. The first-order valence-electron chi connectivity index (χ1n) is 8.33. The molecule has 0 spiro atoms. The van der Waals surface area contributed by atoms with Gasteiger partial charge in [0.2, 0.25) is 0 Å². The van der Waals surface area contributed by atoms with Crippen molar-refractivity contribution in [1.29, 1.82) is 5.26 Å². The summed E-state index contributed by atoms with van der Waals surface area (Å²) in [5.74, 6) is 0. The van der Waals surface area contributed by atoms with Crippen LogP contribution in [0.4, 0.5) is 5.69 Å². The zero-order valence-corrected chi connectivity index (χ0v) is 15.3. The number of aliphatic hydroxyl groups excluding tert-OH is 1. The molecular weight excluding hydrogens is 348 g/mol. The molecule has 0 bridgehead atoms. The zero-order valence-electron chi connectivity index (χ0n) is 14.6. The van der Waals surface area contributed by atoms with Crippen molar-refractivity contribution in [2.24, 2.45) is 10.2 Å². The normalized spacial score (nSPS) is 15.7. The number of aliphatic hydroxyl groups is 1. The average molecular weight is 367 g/mol. The lowest BCUT2D eigenvalue weighted by atomic mass is 9.98. The quantitative estimate of drug-likeness (QED) is 0.841. The standard InChI is InChI=1S/C20H19ClN4O/c1-12-16(9-8-15(11-22)19(12)21)23-20(13(2)26)18-10-17(24-25-18)14-6-4-3-5-7-14/h3-9,13,20,23,26H,10H2,1-2H3/t13-,20-/m1/s1. The molecule has 3 rings (SSSR count). The van der Waals surface area contributed by atoms with Gasteiger partial charge >= 0.3 is 0 Å². The highest BCUT2D eigenvalue weighted by Gasteiger charge is 2.27. The maximum Gasteiger partial charge on any atom is 0.101 e. The van der Waals surface area contributed by atoms with E-state index < -0.39 is 12.1 Å². The number of nitriles is 1. The molecule has 1 aliphatic heterocycles. The summed E-state index contributed by atoms with van der Waals surface area (Å²) < 4.78 is 0. The Bertz CT molecular complexity index is 913. The van der Waals surface area contributed by atoms with Crippen molar-refractivity contribution in [3.8, 4) is 6.07 Å². The van der Waals surface area contributed by atoms with E-state index in [2.05, 4.69) is 21.6 Å². The fraction of sp³-hybridized carbons (Fsp3) is 0.250. The number of rotatable bonds is 5. The lowest BCUT2D eigenvalue weighted by Crippen LogP contribution is -2.39. The molecule has 2 N–H and O–H groups in total. The molecular formula is C20H19ClN4O. The molecule has 132 valence electrons. The molecule has 2 aromatic rings. The van der Waals surface area contributed by atoms with Crippen molar-refractivity contribution in [3.05, 3.63) is 64.2 Å². The maximum atomic E-state index is 10.3. The van der Waals surface area contributed by atoms with Crippen LogP contribution in [0, 0.1) is 18.3 Å². The number of hydrogen-bond donors (Lipinski definition) is 2. The Kier molecular flexibility index (Phi) is 5.36. The zero-order chi connectivity index (χ0) is 18.7. The average Bonchev–Trinajstić information content (AvgIpc) is 3.13. The number of anilines is 1. The van der Waals surface area contributed by atoms with Crippen LogP contribution in [-0.2, 0) is 0 Å². The Morgan fingerprint density at radius 1 is 1.19 bits per heavy atom. The van der Waals surface area contributed by atoms with Crippen LogP contribution in [0.25, 0.3) is 0 Å². The van der Waals surface area contributed by atoms with Crippen LogP contribution in [0.5, 0.6) is 0 Å². The molecule has 1 aliphatic rings. The molecule has 5 nitrogen and oxygen atoms in total. The minimum absolute atomic E-state index is 0.400. The van der Waals surface area contributed by atoms with E-state index in [1.165, 1.54) is 0 Å². The summed E-state index contributed by atoms with van der Waals surface area (Å²) in [6.07, 6.45) is -0.108. The van der Waals surface area contributed by atoms with Gasteiger partial charge in [-0.1, -0.05) is 41.9 Å². The smallest absolute Gasteiger partial charge is 0.101 e. The van der Waals surface area contributed by atoms with Gasteiger partial charge in [-0.3, -0.25) is 0 Å². The molecule has 1 heterocycles. The molecule has 0 fully saturated rings. The van der Waals surface area contributed by atoms with Crippen LogP contribution in [0.1, 0.15) is 30.0 Å². The minimum atomic E-state index is -0.673. The molecule has 0 radical (unpaired) electrons. The Morgan fingerprint density at radius 2 is 1.92 bits per heavy atom. The van der Waals surface area contributed by atoms with Crippen molar-refractivity contribution < 1.29 is 5.11 Å². The van der Waals surface area contributed by atoms with Crippen LogP contribution >= 0.6 is 11.6 Å². The molecule has 0 saturated heterocycles. The Balaban J connectivity index is 1.80. The van der Waals surface area contributed by atoms with E-state index in [-0.39, 0.29) is 0 Å². The van der Waals surface area contributed by atoms with Crippen LogP contribution in [-0.4, -0.2) is 28.7 Å². The summed E-state index contributed by atoms with van der Waals surface area (Å²) >= 11 is 6.25. The number of benzene rings is 2. The number of nitrogens with one attached hydrogen (secondary N) is 1. The van der Waals surface area contributed by atoms with Gasteiger partial charge in [0.05, 0.1) is 34.2 Å². The van der Waals surface area contributed by atoms with Crippen molar-refractivity contribution in [2.75, 3.05) is 5.32 Å². The van der Waals surface area contributed by atoms with Gasteiger partial charge in [0.25, 0.3) is 0 Å². The Morgan fingerprint density at radius 3 is 2.58 bits per heavy atom. The second-order valence-electron chi connectivity index (χ2n) is 6.25. The summed E-state index contributed by atoms with van der Waals surface area (Å²) in [7, 11) is 0. The fourth-order valence-electron chi connectivity index (χ4n) is 2.91. The number of halogens is 1. The summed E-state index contributed by atoms with van der Waals surface area (Å²) in [4.78, 5) is 0. The van der Waals surface area contributed by atoms with Crippen molar-refractivity contribution >= 4 is 28.7 Å². The van der Waals surface area contributed by atoms with Gasteiger partial charge in [0, 0.05) is 12.1 Å². The third-order valence-electron chi connectivity index (χ3n) is 4.41. The first kappa shape index (κ1) is 18.1. The molecule has 6 heteroatoms. The maximum absolute atomic E-state index is 10.3. The van der Waals surface area contributed by atoms with Gasteiger partial charge < -0.3 is 10.4 Å². The third-order valence-corrected chi connectivity index (χ3v) is 4.90. The molecule has 26 heavy (non-hydrogen) atoms. The molecule has 0 unspecified atom stereocenters. The summed E-state index contributed by atoms with van der Waals surface area (Å²) in [5.41, 5.74) is 4.61. The molecule has 2 aromatic carbocycles. The second-order valence-corrected chi connectivity index (χ2v) is 6.63. The van der Waals surface area contributed by atoms with Gasteiger partial charge in [-0.2, -0.15) is 15.5 Å². The van der Waals surface area contributed by atoms with E-state index in [1.807, 2.05) is 37.3 Å². The van der Waals surface area contributed by atoms with Gasteiger partial charge in [-0.05, 0) is 37.1 Å². The van der Waals surface area contributed by atoms with Gasteiger partial charge in [-0.25, -0.2) is 0 Å². The first-order chi connectivity index (χ1) is 12.5. The highest BCUT2D eigenvalue weighted by Crippen LogP contribution is 2.28. The molecule has 2 atom stereocenters. The Hall–Kier alpha value is -2.68. The largest absolute Gasteiger partial charge is 0.391 e. The van der Waals surface area contributed by atoms with Crippen LogP contribution in [0.15, 0.2) is 52.7 Å². The molecule has 0 aromatic heterocycles. The van der Waals surface area contributed by atoms with E-state index in [0.717, 1.165) is 28.2 Å². The van der Waals surface area contributed by atoms with Crippen LogP contribution in [0.2, 0.25) is 5.02 Å². The highest BCUT2D eigenvalue weighted by atomic mass is 35.5. The number of hydrogen-bond acceptors (Lipinski definition) is 5. The van der Waals surface area contributed by atoms with Gasteiger partial charge in [0.15, 0.2) is 0 Å². The lowest BCUT2D eigenvalue weighted by molar-refractivity contribution is 0.192. The fourth-order valence-corrected chi connectivity index (χ4v) is 3.11. The summed E-state index contributed by atoms with van der Waals surface area (Å²) in [5, 5.41) is 31.7. The van der Waals surface area contributed by atoms with Crippen LogP contribution in [0.3, 0.4) is 0 Å². The van der Waals surface area contributed by atoms with Gasteiger partial charge in [-0.15, -0.1) is 0 Å². The Labute approximate surface area is 157 Å². The van der Waals surface area contributed by atoms with Crippen molar-refractivity contribution in [2.45, 2.75) is 32.4 Å². The minimum Gasteiger partial charge on any atom is -0.391 e. The van der Waals surface area contributed by atoms with E-state index in [1.54, 1.807) is 19.1 Å². The predicted molar refractivity (Wildman–Crippen MR) is 105 cm³/mol. The SMILES string of the molecule is Cc1c(N[C@@H](C2=NN=C(c3ccccc3)C2)[C@@H](C)O)ccc(C#N)c1Cl. The third kappa shape index (κ3) is 3.62. The van der Waals surface area contributed by atoms with E-state index in [4.69, 9.17) is 16.9 Å². The van der Waals surface area contributed by atoms with Crippen molar-refractivity contribution in [1.82, 2.24) is 0 Å². The van der Waals surface area contributed by atoms with E-state index in [9.17, 15) is 5.11 Å². The summed E-state index contributed by atoms with van der Waals surface area (Å²) in [6, 6.07) is 15.0. The molecule has 0 aliphatic carbocycles. The topological polar surface area (TPSA) is 80.8 Å². The number of nitrogens with zero attached hydrogens (tertiary/aromatic N) is 3. The first-order valence-corrected chi connectivity index (χ1v) is 8.71. The molecule has 0 saturated carbocycles. The van der Waals surface area contributed by atoms with E-state index in [0.29, 0.717) is 17.0 Å². The lowest BCUT2D eigenvalue weighted by Gasteiger charge is -2.24. The monoisotopic (exact) mass is 366 g/mol. The molecule has 0 amide bonds. The predicted octanol–water partition coefficient (Wildman–Crippen LogP) is 3.93.